The summed E-state index contributed by atoms with van der Waals surface area (Å²) in [6.45, 7) is 1.74. The molecule has 0 saturated carbocycles. The molecule has 1 aromatic carbocycles. The molecule has 0 aliphatic carbocycles. The highest BCUT2D eigenvalue weighted by Gasteiger charge is 2.25. The number of alkyl halides is 1. The molecule has 0 unspecified atom stereocenters. The van der Waals surface area contributed by atoms with Crippen LogP contribution in [0, 0.1) is 0 Å². The summed E-state index contributed by atoms with van der Waals surface area (Å²) in [6, 6.07) is 6.20. The molecular formula is C15H20ClN3O5S. The van der Waals surface area contributed by atoms with Crippen LogP contribution in [-0.4, -0.2) is 75.1 Å². The molecule has 0 atom stereocenters. The molecule has 10 heteroatoms. The van der Waals surface area contributed by atoms with E-state index < -0.39 is 16.1 Å². The number of ether oxygens (including phenoxy) is 1. The highest BCUT2D eigenvalue weighted by atomic mass is 35.5. The molecule has 0 bridgehead atoms. The second-order valence-corrected chi connectivity index (χ2v) is 7.66. The van der Waals surface area contributed by atoms with Crippen LogP contribution in [0.3, 0.4) is 0 Å². The molecule has 0 aromatic heterocycles. The molecule has 2 amide bonds. The van der Waals surface area contributed by atoms with Crippen LogP contribution < -0.4 is 4.72 Å². The molecule has 2 rings (SSSR count). The zero-order valence-corrected chi connectivity index (χ0v) is 15.3. The van der Waals surface area contributed by atoms with Crippen molar-refractivity contribution in [1.82, 2.24) is 9.80 Å². The molecule has 1 fully saturated rings. The number of hydrogen-bond acceptors (Lipinski definition) is 5. The van der Waals surface area contributed by atoms with Gasteiger partial charge in [-0.25, -0.2) is 13.2 Å². The van der Waals surface area contributed by atoms with Gasteiger partial charge in [-0.1, -0.05) is 0 Å². The number of piperazine rings is 1. The van der Waals surface area contributed by atoms with Crippen molar-refractivity contribution in [2.24, 2.45) is 0 Å². The monoisotopic (exact) mass is 389 g/mol. The van der Waals surface area contributed by atoms with Crippen molar-refractivity contribution in [3.05, 3.63) is 29.8 Å². The van der Waals surface area contributed by atoms with Crippen molar-refractivity contribution >= 4 is 39.3 Å². The zero-order valence-electron chi connectivity index (χ0n) is 13.8. The Morgan fingerprint density at radius 3 is 2.20 bits per heavy atom. The standard InChI is InChI=1S/C15H20ClN3O5S/c1-25(22,23)17-13-4-2-12(3-5-13)14(20)18-7-9-19(10-8-18)15(21)24-11-6-16/h2-5,17H,6-11H2,1H3. The van der Waals surface area contributed by atoms with Crippen LogP contribution >= 0.6 is 11.6 Å². The normalized spacial score (nSPS) is 15.0. The van der Waals surface area contributed by atoms with Crippen molar-refractivity contribution in [3.8, 4) is 0 Å². The van der Waals surface area contributed by atoms with Crippen molar-refractivity contribution in [3.63, 3.8) is 0 Å². The molecule has 1 aliphatic rings. The Hall–Kier alpha value is -2.00. The second kappa shape index (κ2) is 8.39. The predicted octanol–water partition coefficient (Wildman–Crippen LogP) is 1.19. The van der Waals surface area contributed by atoms with Gasteiger partial charge in [-0.15, -0.1) is 11.6 Å². The first-order valence-corrected chi connectivity index (χ1v) is 10.1. The van der Waals surface area contributed by atoms with E-state index >= 15 is 0 Å². The smallest absolute Gasteiger partial charge is 0.409 e. The lowest BCUT2D eigenvalue weighted by Crippen LogP contribution is -2.50. The third-order valence-electron chi connectivity index (χ3n) is 3.56. The van der Waals surface area contributed by atoms with Gasteiger partial charge in [0.15, 0.2) is 0 Å². The molecule has 8 nitrogen and oxygen atoms in total. The Labute approximate surface area is 151 Å². The first-order chi connectivity index (χ1) is 11.8. The van der Waals surface area contributed by atoms with Crippen LogP contribution in [0.4, 0.5) is 10.5 Å². The Morgan fingerprint density at radius 1 is 1.12 bits per heavy atom. The average Bonchev–Trinajstić information content (AvgIpc) is 2.58. The maximum atomic E-state index is 12.5. The highest BCUT2D eigenvalue weighted by molar-refractivity contribution is 7.92. The zero-order chi connectivity index (χ0) is 18.4. The van der Waals surface area contributed by atoms with Gasteiger partial charge in [0.1, 0.15) is 6.61 Å². The maximum absolute atomic E-state index is 12.5. The van der Waals surface area contributed by atoms with Gasteiger partial charge in [-0.05, 0) is 24.3 Å². The molecule has 1 aromatic rings. The minimum atomic E-state index is -3.35. The van der Waals surface area contributed by atoms with E-state index in [1.807, 2.05) is 0 Å². The van der Waals surface area contributed by atoms with E-state index in [4.69, 9.17) is 16.3 Å². The third kappa shape index (κ3) is 5.79. The number of amides is 2. The summed E-state index contributed by atoms with van der Waals surface area (Å²) in [5.74, 6) is 0.0775. The number of rotatable bonds is 5. The second-order valence-electron chi connectivity index (χ2n) is 5.53. The van der Waals surface area contributed by atoms with Gasteiger partial charge in [0, 0.05) is 37.4 Å². The van der Waals surface area contributed by atoms with Crippen LogP contribution in [0.25, 0.3) is 0 Å². The Balaban J connectivity index is 1.91. The summed E-state index contributed by atoms with van der Waals surface area (Å²) in [7, 11) is -3.35. The fourth-order valence-corrected chi connectivity index (χ4v) is 3.03. The lowest BCUT2D eigenvalue weighted by Gasteiger charge is -2.34. The van der Waals surface area contributed by atoms with Crippen molar-refractivity contribution in [2.45, 2.75) is 0 Å². The number of halogens is 1. The summed E-state index contributed by atoms with van der Waals surface area (Å²) >= 11 is 5.48. The van der Waals surface area contributed by atoms with E-state index in [0.29, 0.717) is 37.4 Å². The minimum absolute atomic E-state index is 0.160. The first-order valence-electron chi connectivity index (χ1n) is 7.65. The van der Waals surface area contributed by atoms with Gasteiger partial charge in [0.25, 0.3) is 5.91 Å². The van der Waals surface area contributed by atoms with Crippen molar-refractivity contribution in [2.75, 3.05) is 49.6 Å². The molecule has 0 radical (unpaired) electrons. The number of anilines is 1. The van der Waals surface area contributed by atoms with E-state index in [-0.39, 0.29) is 18.4 Å². The molecule has 1 N–H and O–H groups in total. The van der Waals surface area contributed by atoms with Crippen LogP contribution in [0.2, 0.25) is 0 Å². The molecule has 1 saturated heterocycles. The quantitative estimate of drug-likeness (QED) is 0.763. The number of hydrogen-bond donors (Lipinski definition) is 1. The average molecular weight is 390 g/mol. The van der Waals surface area contributed by atoms with Crippen molar-refractivity contribution in [1.29, 1.82) is 0 Å². The Kier molecular flexibility index (Phi) is 6.49. The number of benzene rings is 1. The fraction of sp³-hybridized carbons (Fsp3) is 0.467. The van der Waals surface area contributed by atoms with Crippen LogP contribution in [-0.2, 0) is 14.8 Å². The molecule has 1 heterocycles. The lowest BCUT2D eigenvalue weighted by molar-refractivity contribution is 0.0572. The fourth-order valence-electron chi connectivity index (χ4n) is 2.39. The summed E-state index contributed by atoms with van der Waals surface area (Å²) < 4.78 is 29.7. The number of carbonyl (C=O) groups excluding carboxylic acids is 2. The van der Waals surface area contributed by atoms with E-state index in [9.17, 15) is 18.0 Å². The number of nitrogens with zero attached hydrogens (tertiary/aromatic N) is 2. The van der Waals surface area contributed by atoms with Crippen LogP contribution in [0.5, 0.6) is 0 Å². The summed E-state index contributed by atoms with van der Waals surface area (Å²) in [5, 5.41) is 0. The van der Waals surface area contributed by atoms with Crippen LogP contribution in [0.15, 0.2) is 24.3 Å². The van der Waals surface area contributed by atoms with Crippen molar-refractivity contribution < 1.29 is 22.7 Å². The minimum Gasteiger partial charge on any atom is -0.448 e. The maximum Gasteiger partial charge on any atom is 0.409 e. The van der Waals surface area contributed by atoms with Gasteiger partial charge in [-0.2, -0.15) is 0 Å². The molecular weight excluding hydrogens is 370 g/mol. The largest absolute Gasteiger partial charge is 0.448 e. The van der Waals surface area contributed by atoms with E-state index in [1.165, 1.54) is 17.0 Å². The van der Waals surface area contributed by atoms with Gasteiger partial charge in [0.05, 0.1) is 12.1 Å². The number of sulfonamides is 1. The molecule has 1 aliphatic heterocycles. The van der Waals surface area contributed by atoms with Gasteiger partial charge >= 0.3 is 6.09 Å². The SMILES string of the molecule is CS(=O)(=O)Nc1ccc(C(=O)N2CCN(C(=O)OCCCl)CC2)cc1. The highest BCUT2D eigenvalue weighted by Crippen LogP contribution is 2.14. The lowest BCUT2D eigenvalue weighted by atomic mass is 10.1. The number of carbonyl (C=O) groups is 2. The summed E-state index contributed by atoms with van der Waals surface area (Å²) in [5.41, 5.74) is 0.850. The third-order valence-corrected chi connectivity index (χ3v) is 4.32. The van der Waals surface area contributed by atoms with E-state index in [2.05, 4.69) is 4.72 Å². The van der Waals surface area contributed by atoms with E-state index in [1.54, 1.807) is 17.0 Å². The molecule has 25 heavy (non-hydrogen) atoms. The molecule has 138 valence electrons. The topological polar surface area (TPSA) is 96.0 Å². The Morgan fingerprint density at radius 2 is 1.68 bits per heavy atom. The first kappa shape index (κ1) is 19.3. The van der Waals surface area contributed by atoms with Gasteiger partial charge in [0.2, 0.25) is 10.0 Å². The van der Waals surface area contributed by atoms with E-state index in [0.717, 1.165) is 6.26 Å². The number of nitrogens with one attached hydrogen (secondary N) is 1. The van der Waals surface area contributed by atoms with Gasteiger partial charge in [-0.3, -0.25) is 9.52 Å². The Bertz CT molecular complexity index is 715. The summed E-state index contributed by atoms with van der Waals surface area (Å²) in [6.07, 6.45) is 0.632. The molecule has 0 spiro atoms. The van der Waals surface area contributed by atoms with Gasteiger partial charge < -0.3 is 14.5 Å². The predicted molar refractivity (Wildman–Crippen MR) is 94.5 cm³/mol. The summed E-state index contributed by atoms with van der Waals surface area (Å²) in [4.78, 5) is 27.4. The van der Waals surface area contributed by atoms with Crippen LogP contribution in [0.1, 0.15) is 10.4 Å².